The highest BCUT2D eigenvalue weighted by atomic mass is 32.2. The summed E-state index contributed by atoms with van der Waals surface area (Å²) >= 11 is 1.06. The Morgan fingerprint density at radius 1 is 1.04 bits per heavy atom. The molecule has 0 N–H and O–H groups in total. The second kappa shape index (κ2) is 6.80. The number of pyridine rings is 1. The number of nitrogens with zero attached hydrogens (tertiary/aromatic N) is 3. The van der Waals surface area contributed by atoms with Crippen molar-refractivity contribution in [2.24, 2.45) is 0 Å². The zero-order chi connectivity index (χ0) is 19.9. The van der Waals surface area contributed by atoms with Crippen LogP contribution in [-0.4, -0.2) is 13.6 Å². The number of hydrogen-bond donors (Lipinski definition) is 0. The maximum atomic E-state index is 13.1. The Kier molecular flexibility index (Phi) is 4.44. The largest absolute Gasteiger partial charge is 0.618 e. The molecule has 0 aliphatic rings. The molecule has 2 aromatic heterocycles. The van der Waals surface area contributed by atoms with E-state index in [1.54, 1.807) is 30.3 Å². The van der Waals surface area contributed by atoms with Crippen molar-refractivity contribution in [2.45, 2.75) is 26.6 Å². The quantitative estimate of drug-likeness (QED) is 0.371. The predicted octanol–water partition coefficient (Wildman–Crippen LogP) is 2.39. The maximum Gasteiger partial charge on any atom is 0.264 e. The van der Waals surface area contributed by atoms with Gasteiger partial charge in [-0.15, -0.1) is 0 Å². The molecule has 10 heteroatoms. The topological polar surface area (TPSA) is 114 Å². The van der Waals surface area contributed by atoms with Crippen molar-refractivity contribution < 1.29 is 22.7 Å². The molecule has 0 unspecified atom stereocenters. The summed E-state index contributed by atoms with van der Waals surface area (Å²) in [4.78, 5) is 0.333. The van der Waals surface area contributed by atoms with Gasteiger partial charge in [0.1, 0.15) is 4.90 Å². The van der Waals surface area contributed by atoms with Crippen molar-refractivity contribution in [3.63, 3.8) is 0 Å². The Morgan fingerprint density at radius 2 is 1.79 bits per heavy atom. The van der Waals surface area contributed by atoms with Gasteiger partial charge in [-0.1, -0.05) is 17.7 Å². The molecule has 0 bridgehead atoms. The van der Waals surface area contributed by atoms with Crippen LogP contribution in [0, 0.1) is 17.3 Å². The van der Waals surface area contributed by atoms with Crippen molar-refractivity contribution in [1.29, 1.82) is 0 Å². The molecule has 0 saturated carbocycles. The van der Waals surface area contributed by atoms with E-state index in [9.17, 15) is 18.8 Å². The smallest absolute Gasteiger partial charge is 0.264 e. The summed E-state index contributed by atoms with van der Waals surface area (Å²) in [6, 6.07) is 14.0. The molecule has 2 aromatic carbocycles. The highest BCUT2D eigenvalue weighted by Crippen LogP contribution is 2.34. The maximum absolute atomic E-state index is 13.1. The number of benzene rings is 2. The summed E-state index contributed by atoms with van der Waals surface area (Å²) in [7, 11) is -3.97. The van der Waals surface area contributed by atoms with Crippen LogP contribution in [0.4, 0.5) is 0 Å². The monoisotopic (exact) mass is 415 g/mol. The fraction of sp³-hybridized carbons (Fsp3) is 0.0556. The fourth-order valence-electron chi connectivity index (χ4n) is 2.67. The molecule has 28 heavy (non-hydrogen) atoms. The van der Waals surface area contributed by atoms with Crippen molar-refractivity contribution in [3.05, 3.63) is 76.8 Å². The molecule has 0 fully saturated rings. The van der Waals surface area contributed by atoms with E-state index in [1.165, 1.54) is 30.5 Å². The van der Waals surface area contributed by atoms with Gasteiger partial charge < -0.3 is 10.4 Å². The van der Waals surface area contributed by atoms with E-state index < -0.39 is 9.84 Å². The minimum absolute atomic E-state index is 0.0569. The molecular formula is C18H13N3O5S2. The van der Waals surface area contributed by atoms with Crippen LogP contribution in [0.25, 0.3) is 11.0 Å². The Hall–Kier alpha value is -3.11. The molecular weight excluding hydrogens is 402 g/mol. The van der Waals surface area contributed by atoms with Gasteiger partial charge in [-0.25, -0.2) is 8.42 Å². The number of hydrogen-bond acceptors (Lipinski definition) is 7. The van der Waals surface area contributed by atoms with Gasteiger partial charge in [-0.05, 0) is 53.9 Å². The predicted molar refractivity (Wildman–Crippen MR) is 99.1 cm³/mol. The van der Waals surface area contributed by atoms with E-state index in [0.29, 0.717) is 14.7 Å². The van der Waals surface area contributed by atoms with Gasteiger partial charge in [0, 0.05) is 17.3 Å². The Bertz CT molecular complexity index is 1280. The number of sulfone groups is 1. The van der Waals surface area contributed by atoms with Crippen LogP contribution in [0.2, 0.25) is 0 Å². The van der Waals surface area contributed by atoms with Gasteiger partial charge in [0.25, 0.3) is 10.5 Å². The second-order valence-corrected chi connectivity index (χ2v) is 8.95. The van der Waals surface area contributed by atoms with Crippen molar-refractivity contribution in [3.8, 4) is 0 Å². The van der Waals surface area contributed by atoms with Gasteiger partial charge in [-0.3, -0.25) is 4.63 Å². The third-order valence-electron chi connectivity index (χ3n) is 4.09. The molecule has 4 rings (SSSR count). The summed E-state index contributed by atoms with van der Waals surface area (Å²) in [6.45, 7) is 1.85. The van der Waals surface area contributed by atoms with Crippen LogP contribution in [0.5, 0.6) is 0 Å². The van der Waals surface area contributed by atoms with Crippen molar-refractivity contribution in [1.82, 2.24) is 5.16 Å². The first-order chi connectivity index (χ1) is 13.4. The Labute approximate surface area is 164 Å². The standard InChI is InChI=1S/C18H13N3O5S2/c1-12-5-7-13(8-6-12)28(24,25)15-10-9-14(17-18(15)21(23)26-19-17)27-16-4-2-3-11-20(16)22/h2-11H,1H3. The van der Waals surface area contributed by atoms with Crippen LogP contribution in [0.3, 0.4) is 0 Å². The summed E-state index contributed by atoms with van der Waals surface area (Å²) in [5.74, 6) is 0. The molecule has 0 spiro atoms. The fourth-order valence-corrected chi connectivity index (χ4v) is 4.98. The average Bonchev–Trinajstić information content (AvgIpc) is 3.06. The lowest BCUT2D eigenvalue weighted by molar-refractivity contribution is -0.783. The van der Waals surface area contributed by atoms with Crippen LogP contribution in [0.1, 0.15) is 5.56 Å². The first kappa shape index (κ1) is 18.3. The highest BCUT2D eigenvalue weighted by molar-refractivity contribution is 7.99. The number of aryl methyl sites for hydroxylation is 1. The van der Waals surface area contributed by atoms with Crippen LogP contribution in [-0.2, 0) is 9.84 Å². The minimum atomic E-state index is -3.97. The summed E-state index contributed by atoms with van der Waals surface area (Å²) in [5.41, 5.74) is 0.768. The van der Waals surface area contributed by atoms with E-state index in [-0.39, 0.29) is 25.7 Å². The van der Waals surface area contributed by atoms with Crippen LogP contribution < -0.4 is 9.63 Å². The zero-order valence-corrected chi connectivity index (χ0v) is 16.1. The third-order valence-corrected chi connectivity index (χ3v) is 6.97. The molecule has 0 atom stereocenters. The van der Waals surface area contributed by atoms with Crippen LogP contribution >= 0.6 is 11.8 Å². The zero-order valence-electron chi connectivity index (χ0n) is 14.5. The van der Waals surface area contributed by atoms with Crippen molar-refractivity contribution in [2.75, 3.05) is 0 Å². The van der Waals surface area contributed by atoms with E-state index in [2.05, 4.69) is 9.79 Å². The summed E-state index contributed by atoms with van der Waals surface area (Å²) in [6.07, 6.45) is 1.34. The van der Waals surface area contributed by atoms with E-state index in [0.717, 1.165) is 17.3 Å². The first-order valence-corrected chi connectivity index (χ1v) is 10.4. The molecule has 0 amide bonds. The molecule has 142 valence electrons. The molecule has 0 saturated heterocycles. The van der Waals surface area contributed by atoms with Crippen LogP contribution in [0.15, 0.2) is 85.1 Å². The van der Waals surface area contributed by atoms with Gasteiger partial charge >= 0.3 is 0 Å². The number of fused-ring (bicyclic) bond motifs is 1. The average molecular weight is 415 g/mol. The van der Waals surface area contributed by atoms with Gasteiger partial charge in [0.15, 0.2) is 6.20 Å². The molecule has 0 aliphatic heterocycles. The molecule has 0 radical (unpaired) electrons. The van der Waals surface area contributed by atoms with E-state index in [4.69, 9.17) is 0 Å². The first-order valence-electron chi connectivity index (χ1n) is 8.08. The number of rotatable bonds is 4. The second-order valence-electron chi connectivity index (χ2n) is 5.97. The lowest BCUT2D eigenvalue weighted by Crippen LogP contribution is -2.27. The Morgan fingerprint density at radius 3 is 2.50 bits per heavy atom. The Balaban J connectivity index is 1.87. The van der Waals surface area contributed by atoms with E-state index >= 15 is 0 Å². The summed E-state index contributed by atoms with van der Waals surface area (Å²) in [5, 5.41) is 28.1. The molecule has 8 nitrogen and oxygen atoms in total. The lowest BCUT2D eigenvalue weighted by Gasteiger charge is -2.07. The van der Waals surface area contributed by atoms with Gasteiger partial charge in [0.05, 0.1) is 9.79 Å². The third kappa shape index (κ3) is 3.06. The minimum Gasteiger partial charge on any atom is -0.618 e. The molecule has 4 aromatic rings. The molecule has 0 aliphatic carbocycles. The molecule has 2 heterocycles. The summed E-state index contributed by atoms with van der Waals surface area (Å²) < 4.78 is 31.4. The highest BCUT2D eigenvalue weighted by Gasteiger charge is 2.29. The van der Waals surface area contributed by atoms with Gasteiger partial charge in [0.2, 0.25) is 15.4 Å². The lowest BCUT2D eigenvalue weighted by atomic mass is 10.2. The van der Waals surface area contributed by atoms with Crippen molar-refractivity contribution >= 4 is 32.6 Å². The number of aromatic nitrogens is 3. The van der Waals surface area contributed by atoms with E-state index in [1.807, 2.05) is 6.92 Å². The SMILES string of the molecule is Cc1ccc(S(=O)(=O)c2ccc(Sc3cccc[n+]3[O-])c3no[n+]([O-])c23)cc1. The van der Waals surface area contributed by atoms with Gasteiger partial charge in [-0.2, -0.15) is 4.73 Å². The normalized spacial score (nSPS) is 11.8.